The molecule has 8 heteroatoms. The molecule has 7 atom stereocenters. The van der Waals surface area contributed by atoms with E-state index in [0.29, 0.717) is 18.4 Å². The van der Waals surface area contributed by atoms with E-state index in [4.69, 9.17) is 9.15 Å². The Bertz CT molecular complexity index is 1160. The van der Waals surface area contributed by atoms with Gasteiger partial charge in [0.05, 0.1) is 24.7 Å². The molecule has 0 amide bonds. The monoisotopic (exact) mass is 455 g/mol. The van der Waals surface area contributed by atoms with Crippen molar-refractivity contribution in [3.63, 3.8) is 0 Å². The molecule has 5 rings (SSSR count). The number of hydrogen-bond donors (Lipinski definition) is 3. The Morgan fingerprint density at radius 1 is 1.18 bits per heavy atom. The molecule has 2 saturated carbocycles. The van der Waals surface area contributed by atoms with Crippen molar-refractivity contribution in [1.82, 2.24) is 4.98 Å². The molecular formula is C25H29NO7. The number of ether oxygens (including phenoxy) is 1. The van der Waals surface area contributed by atoms with Gasteiger partial charge in [-0.15, -0.1) is 0 Å². The lowest BCUT2D eigenvalue weighted by atomic mass is 9.43. The van der Waals surface area contributed by atoms with E-state index < -0.39 is 46.0 Å². The molecule has 0 aromatic carbocycles. The molecule has 2 aromatic rings. The molecule has 2 fully saturated rings. The van der Waals surface area contributed by atoms with Crippen molar-refractivity contribution in [3.8, 4) is 17.1 Å². The number of nitrogens with zero attached hydrogens (tertiary/aromatic N) is 1. The summed E-state index contributed by atoms with van der Waals surface area (Å²) in [4.78, 5) is 31.0. The molecule has 3 heterocycles. The van der Waals surface area contributed by atoms with Crippen molar-refractivity contribution in [1.29, 1.82) is 0 Å². The van der Waals surface area contributed by atoms with Crippen LogP contribution in [0.15, 0.2) is 39.8 Å². The van der Waals surface area contributed by atoms with E-state index in [1.807, 2.05) is 6.92 Å². The molecule has 0 bridgehead atoms. The van der Waals surface area contributed by atoms with Gasteiger partial charge >= 0.3 is 5.63 Å². The molecule has 2 unspecified atom stereocenters. The fraction of sp³-hybridized carbons (Fsp3) is 0.560. The average molecular weight is 456 g/mol. The molecule has 33 heavy (non-hydrogen) atoms. The lowest BCUT2D eigenvalue weighted by molar-refractivity contribution is -0.226. The van der Waals surface area contributed by atoms with E-state index in [0.717, 1.165) is 0 Å². The normalized spacial score (nSPS) is 39.8. The first-order valence-electron chi connectivity index (χ1n) is 11.3. The van der Waals surface area contributed by atoms with Crippen molar-refractivity contribution < 1.29 is 29.3 Å². The van der Waals surface area contributed by atoms with Crippen molar-refractivity contribution in [2.24, 2.45) is 22.7 Å². The topological polar surface area (TPSA) is 130 Å². The fourth-order valence-corrected chi connectivity index (χ4v) is 6.83. The van der Waals surface area contributed by atoms with Gasteiger partial charge in [-0.25, -0.2) is 4.79 Å². The van der Waals surface area contributed by atoms with Gasteiger partial charge in [-0.1, -0.05) is 13.8 Å². The van der Waals surface area contributed by atoms with Crippen LogP contribution in [0.1, 0.15) is 50.4 Å². The zero-order chi connectivity index (χ0) is 23.8. The summed E-state index contributed by atoms with van der Waals surface area (Å²) in [5, 5.41) is 32.2. The zero-order valence-corrected chi connectivity index (χ0v) is 18.9. The Hall–Kier alpha value is -2.55. The first-order chi connectivity index (χ1) is 15.6. The average Bonchev–Trinajstić information content (AvgIpc) is 2.78. The summed E-state index contributed by atoms with van der Waals surface area (Å²) >= 11 is 0. The Balaban J connectivity index is 1.66. The molecule has 1 aliphatic heterocycles. The van der Waals surface area contributed by atoms with Crippen LogP contribution >= 0.6 is 0 Å². The number of aromatic nitrogens is 1. The first kappa shape index (κ1) is 22.3. The summed E-state index contributed by atoms with van der Waals surface area (Å²) in [5.74, 6) is -1.28. The fourth-order valence-electron chi connectivity index (χ4n) is 6.83. The lowest BCUT2D eigenvalue weighted by Gasteiger charge is -2.64. The second-order valence-electron chi connectivity index (χ2n) is 10.5. The quantitative estimate of drug-likeness (QED) is 0.628. The minimum atomic E-state index is -1.27. The highest BCUT2D eigenvalue weighted by molar-refractivity contribution is 6.02. The number of aliphatic hydroxyl groups excluding tert-OH is 3. The number of fused-ring (bicyclic) bond motifs is 4. The van der Waals surface area contributed by atoms with E-state index in [1.165, 1.54) is 6.07 Å². The highest BCUT2D eigenvalue weighted by atomic mass is 16.5. The molecule has 3 aliphatic rings. The highest BCUT2D eigenvalue weighted by Gasteiger charge is 2.69. The summed E-state index contributed by atoms with van der Waals surface area (Å²) in [6.07, 6.45) is 2.52. The third-order valence-electron chi connectivity index (χ3n) is 8.70. The predicted octanol–water partition coefficient (Wildman–Crippen LogP) is 2.19. The van der Waals surface area contributed by atoms with Crippen molar-refractivity contribution in [2.75, 3.05) is 6.61 Å². The number of carbonyl (C=O) groups is 1. The molecule has 2 aromatic heterocycles. The second-order valence-corrected chi connectivity index (χ2v) is 10.5. The van der Waals surface area contributed by atoms with Crippen molar-refractivity contribution in [3.05, 3.63) is 46.6 Å². The second kappa shape index (κ2) is 7.22. The van der Waals surface area contributed by atoms with Gasteiger partial charge in [0.25, 0.3) is 0 Å². The van der Waals surface area contributed by atoms with Gasteiger partial charge in [-0.3, -0.25) is 9.78 Å². The number of rotatable bonds is 2. The van der Waals surface area contributed by atoms with Gasteiger partial charge in [-0.2, -0.15) is 0 Å². The van der Waals surface area contributed by atoms with Crippen molar-refractivity contribution in [2.45, 2.75) is 57.8 Å². The van der Waals surface area contributed by atoms with Crippen LogP contribution in [0.3, 0.4) is 0 Å². The standard InChI is InChI=1S/C25H29NO7/c1-23-7-6-17(28)24(2,12-27)16(23)10-18(29)25(3)21(23)20(30)19-15(33-25)9-14(32-22(19)31)13-5-4-8-26-11-13/h4-5,8-9,11,16-18,21,27-29H,6-7,10,12H2,1-3H3/t16?,17-,18-,21?,23-,24-,25+/m0/s1. The van der Waals surface area contributed by atoms with Gasteiger partial charge in [0.2, 0.25) is 0 Å². The molecular weight excluding hydrogens is 426 g/mol. The maximum Gasteiger partial charge on any atom is 0.351 e. The third-order valence-corrected chi connectivity index (χ3v) is 8.70. The predicted molar refractivity (Wildman–Crippen MR) is 118 cm³/mol. The molecule has 2 aliphatic carbocycles. The van der Waals surface area contributed by atoms with Crippen LogP contribution in [0, 0.1) is 22.7 Å². The van der Waals surface area contributed by atoms with Crippen LogP contribution in [-0.4, -0.2) is 50.5 Å². The Labute approximate surface area is 191 Å². The van der Waals surface area contributed by atoms with Gasteiger partial charge in [0.1, 0.15) is 22.7 Å². The van der Waals surface area contributed by atoms with Crippen LogP contribution in [0.25, 0.3) is 11.3 Å². The summed E-state index contributed by atoms with van der Waals surface area (Å²) in [6.45, 7) is 5.19. The van der Waals surface area contributed by atoms with E-state index in [-0.39, 0.29) is 36.0 Å². The SMILES string of the molecule is C[C@]12CC[C@H](O)[C@@](C)(CO)C1C[C@H](O)[C@@]1(C)Oc3cc(-c4cccnc4)oc(=O)c3C(=O)C21. The van der Waals surface area contributed by atoms with Gasteiger partial charge in [0, 0.05) is 29.4 Å². The first-order valence-corrected chi connectivity index (χ1v) is 11.3. The van der Waals surface area contributed by atoms with Gasteiger partial charge < -0.3 is 24.5 Å². The number of ketones is 1. The largest absolute Gasteiger partial charge is 0.483 e. The molecule has 0 spiro atoms. The number of pyridine rings is 1. The number of aliphatic hydroxyl groups is 3. The number of carbonyl (C=O) groups excluding carboxylic acids is 1. The van der Waals surface area contributed by atoms with Crippen molar-refractivity contribution >= 4 is 5.78 Å². The van der Waals surface area contributed by atoms with E-state index in [1.54, 1.807) is 38.4 Å². The summed E-state index contributed by atoms with van der Waals surface area (Å²) in [6, 6.07) is 4.95. The van der Waals surface area contributed by atoms with Crippen LogP contribution in [0.4, 0.5) is 0 Å². The van der Waals surface area contributed by atoms with Crippen LogP contribution < -0.4 is 10.4 Å². The number of Topliss-reactive ketones (excluding diaryl/α,β-unsaturated/α-hetero) is 1. The summed E-state index contributed by atoms with van der Waals surface area (Å²) < 4.78 is 11.8. The summed E-state index contributed by atoms with van der Waals surface area (Å²) in [5.41, 5.74) is -3.24. The maximum absolute atomic E-state index is 13.9. The molecule has 0 radical (unpaired) electrons. The highest BCUT2D eigenvalue weighted by Crippen LogP contribution is 2.64. The minimum Gasteiger partial charge on any atom is -0.483 e. The number of hydrogen-bond acceptors (Lipinski definition) is 8. The smallest absolute Gasteiger partial charge is 0.351 e. The van der Waals surface area contributed by atoms with Crippen LogP contribution in [0.2, 0.25) is 0 Å². The summed E-state index contributed by atoms with van der Waals surface area (Å²) in [7, 11) is 0. The van der Waals surface area contributed by atoms with Crippen LogP contribution in [-0.2, 0) is 0 Å². The Morgan fingerprint density at radius 2 is 1.94 bits per heavy atom. The molecule has 176 valence electrons. The molecule has 3 N–H and O–H groups in total. The van der Waals surface area contributed by atoms with Crippen LogP contribution in [0.5, 0.6) is 5.75 Å². The lowest BCUT2D eigenvalue weighted by Crippen LogP contribution is -2.71. The van der Waals surface area contributed by atoms with E-state index in [2.05, 4.69) is 4.98 Å². The minimum absolute atomic E-state index is 0.0933. The van der Waals surface area contributed by atoms with E-state index in [9.17, 15) is 24.9 Å². The van der Waals surface area contributed by atoms with Gasteiger partial charge in [0.15, 0.2) is 5.78 Å². The Kier molecular flexibility index (Phi) is 4.87. The molecule has 0 saturated heterocycles. The zero-order valence-electron chi connectivity index (χ0n) is 18.9. The molecule has 8 nitrogen and oxygen atoms in total. The maximum atomic E-state index is 13.9. The third kappa shape index (κ3) is 2.90. The van der Waals surface area contributed by atoms with E-state index >= 15 is 0 Å². The Morgan fingerprint density at radius 3 is 2.61 bits per heavy atom. The van der Waals surface area contributed by atoms with Gasteiger partial charge in [-0.05, 0) is 49.7 Å².